The molecule has 3 aromatic rings. The van der Waals surface area contributed by atoms with E-state index in [-0.39, 0.29) is 11.3 Å². The number of aliphatic carboxylic acids is 1. The van der Waals surface area contributed by atoms with Gasteiger partial charge in [-0.1, -0.05) is 48.0 Å². The van der Waals surface area contributed by atoms with Gasteiger partial charge in [0.25, 0.3) is 5.91 Å². The number of amides is 1. The monoisotopic (exact) mass is 408 g/mol. The van der Waals surface area contributed by atoms with E-state index in [0.29, 0.717) is 16.5 Å². The molecule has 4 rings (SSSR count). The normalized spacial score (nSPS) is 15.1. The molecular formula is C21H17ClN4O3. The average Bonchev–Trinajstić information content (AvgIpc) is 3.15. The predicted octanol–water partition coefficient (Wildman–Crippen LogP) is 4.08. The Hall–Kier alpha value is -3.58. The quantitative estimate of drug-likeness (QED) is 0.604. The van der Waals surface area contributed by atoms with Crippen LogP contribution in [0.15, 0.2) is 66.5 Å². The molecule has 146 valence electrons. The molecule has 2 aromatic carbocycles. The van der Waals surface area contributed by atoms with Crippen LogP contribution >= 0.6 is 11.6 Å². The second kappa shape index (κ2) is 7.44. The number of halogens is 1. The molecule has 1 aliphatic rings. The van der Waals surface area contributed by atoms with Crippen molar-refractivity contribution in [3.63, 3.8) is 0 Å². The van der Waals surface area contributed by atoms with Crippen LogP contribution < -0.4 is 10.6 Å². The Kier molecular flexibility index (Phi) is 4.82. The van der Waals surface area contributed by atoms with Crippen LogP contribution in [0.1, 0.15) is 27.5 Å². The van der Waals surface area contributed by atoms with Gasteiger partial charge in [0, 0.05) is 10.7 Å². The molecule has 29 heavy (non-hydrogen) atoms. The number of allylic oxidation sites excluding steroid dienone is 1. The minimum atomic E-state index is -1.12. The Morgan fingerprint density at radius 3 is 2.66 bits per heavy atom. The first-order valence-electron chi connectivity index (χ1n) is 8.86. The van der Waals surface area contributed by atoms with Crippen molar-refractivity contribution in [1.82, 2.24) is 9.78 Å². The number of carboxylic acids is 1. The molecule has 2 heterocycles. The molecule has 0 unspecified atom stereocenters. The van der Waals surface area contributed by atoms with E-state index in [4.69, 9.17) is 11.6 Å². The lowest BCUT2D eigenvalue weighted by molar-refractivity contribution is -0.132. The fourth-order valence-electron chi connectivity index (χ4n) is 3.14. The van der Waals surface area contributed by atoms with E-state index in [2.05, 4.69) is 15.7 Å². The number of benzene rings is 2. The lowest BCUT2D eigenvalue weighted by Gasteiger charge is -2.24. The van der Waals surface area contributed by atoms with Gasteiger partial charge in [-0.15, -0.1) is 0 Å². The smallest absolute Gasteiger partial charge is 0.352 e. The van der Waals surface area contributed by atoms with E-state index in [1.54, 1.807) is 29.0 Å². The number of carbonyl (C=O) groups excluding carboxylic acids is 1. The van der Waals surface area contributed by atoms with Crippen molar-refractivity contribution >= 4 is 35.0 Å². The molecule has 0 radical (unpaired) electrons. The molecule has 0 saturated heterocycles. The third-order valence-corrected chi connectivity index (χ3v) is 5.09. The molecule has 3 N–H and O–H groups in total. The number of nitrogens with zero attached hydrogens (tertiary/aromatic N) is 2. The number of nitrogens with one attached hydrogen (secondary N) is 2. The number of carbonyl (C=O) groups is 2. The zero-order valence-corrected chi connectivity index (χ0v) is 16.1. The number of anilines is 2. The summed E-state index contributed by atoms with van der Waals surface area (Å²) in [5, 5.41) is 20.0. The van der Waals surface area contributed by atoms with Gasteiger partial charge in [0.2, 0.25) is 0 Å². The molecule has 8 heteroatoms. The van der Waals surface area contributed by atoms with E-state index in [9.17, 15) is 14.7 Å². The molecule has 0 bridgehead atoms. The predicted molar refractivity (Wildman–Crippen MR) is 110 cm³/mol. The first-order valence-corrected chi connectivity index (χ1v) is 9.24. The maximum Gasteiger partial charge on any atom is 0.352 e. The number of carboxylic acid groups (broad SMARTS) is 1. The molecule has 1 aliphatic heterocycles. The summed E-state index contributed by atoms with van der Waals surface area (Å²) in [6.07, 6.45) is 2.99. The number of hydrogen-bond acceptors (Lipinski definition) is 4. The van der Waals surface area contributed by atoms with Gasteiger partial charge in [0.05, 0.1) is 12.2 Å². The van der Waals surface area contributed by atoms with Gasteiger partial charge in [0.15, 0.2) is 0 Å². The Labute approximate surface area is 171 Å². The molecule has 0 spiro atoms. The first kappa shape index (κ1) is 18.8. The van der Waals surface area contributed by atoms with Gasteiger partial charge >= 0.3 is 5.97 Å². The van der Waals surface area contributed by atoms with E-state index in [1.807, 2.05) is 37.3 Å². The standard InChI is InChI=1S/C21H17ClN4O3/c1-12-7-8-14(9-16(12)22)24-20(27)15-11-23-26-18(13-5-3-2-4-6-13)10-17(21(28)29)25-19(15)26/h2-11,18,25H,1H3,(H,24,27)(H,28,29)/t18-/m1/s1. The van der Waals surface area contributed by atoms with Crippen molar-refractivity contribution in [2.45, 2.75) is 13.0 Å². The number of aryl methyl sites for hydroxylation is 1. The lowest BCUT2D eigenvalue weighted by Crippen LogP contribution is -2.25. The first-order chi connectivity index (χ1) is 13.9. The lowest BCUT2D eigenvalue weighted by atomic mass is 10.0. The van der Waals surface area contributed by atoms with Gasteiger partial charge in [-0.3, -0.25) is 4.79 Å². The third kappa shape index (κ3) is 3.60. The minimum Gasteiger partial charge on any atom is -0.477 e. The van der Waals surface area contributed by atoms with E-state index in [1.165, 1.54) is 6.20 Å². The number of hydrogen-bond donors (Lipinski definition) is 3. The second-order valence-corrected chi connectivity index (χ2v) is 7.04. The Balaban J connectivity index is 1.70. The van der Waals surface area contributed by atoms with Crippen molar-refractivity contribution in [3.05, 3.63) is 88.2 Å². The minimum absolute atomic E-state index is 0.0146. The van der Waals surface area contributed by atoms with Crippen LogP contribution in [0, 0.1) is 6.92 Å². The maximum absolute atomic E-state index is 12.8. The van der Waals surface area contributed by atoms with Crippen molar-refractivity contribution in [3.8, 4) is 0 Å². The van der Waals surface area contributed by atoms with E-state index < -0.39 is 17.9 Å². The summed E-state index contributed by atoms with van der Waals surface area (Å²) in [5.74, 6) is -1.22. The van der Waals surface area contributed by atoms with Gasteiger partial charge in [-0.05, 0) is 36.3 Å². The highest BCUT2D eigenvalue weighted by Gasteiger charge is 2.29. The van der Waals surface area contributed by atoms with Gasteiger partial charge in [-0.25, -0.2) is 9.48 Å². The molecule has 1 atom stereocenters. The molecule has 0 fully saturated rings. The topological polar surface area (TPSA) is 96.3 Å². The SMILES string of the molecule is Cc1ccc(NC(=O)c2cnn3c2NC(C(=O)O)=C[C@@H]3c2ccccc2)cc1Cl. The van der Waals surface area contributed by atoms with Gasteiger partial charge in [-0.2, -0.15) is 5.10 Å². The second-order valence-electron chi connectivity index (χ2n) is 6.64. The highest BCUT2D eigenvalue weighted by molar-refractivity contribution is 6.31. The number of rotatable bonds is 4. The summed E-state index contributed by atoms with van der Waals surface area (Å²) in [7, 11) is 0. The van der Waals surface area contributed by atoms with Crippen molar-refractivity contribution < 1.29 is 14.7 Å². The average molecular weight is 409 g/mol. The maximum atomic E-state index is 12.8. The molecule has 1 amide bonds. The summed E-state index contributed by atoms with van der Waals surface area (Å²) < 4.78 is 1.60. The molecular weight excluding hydrogens is 392 g/mol. The van der Waals surface area contributed by atoms with Crippen LogP contribution in [0.25, 0.3) is 0 Å². The van der Waals surface area contributed by atoms with Gasteiger partial charge in [0.1, 0.15) is 17.1 Å². The molecule has 0 saturated carbocycles. The zero-order valence-electron chi connectivity index (χ0n) is 15.4. The van der Waals surface area contributed by atoms with E-state index in [0.717, 1.165) is 11.1 Å². The fraction of sp³-hybridized carbons (Fsp3) is 0.0952. The third-order valence-electron chi connectivity index (χ3n) is 4.68. The molecule has 0 aliphatic carbocycles. The summed E-state index contributed by atoms with van der Waals surface area (Å²) in [5.41, 5.74) is 2.51. The van der Waals surface area contributed by atoms with E-state index >= 15 is 0 Å². The van der Waals surface area contributed by atoms with Crippen LogP contribution in [-0.2, 0) is 4.79 Å². The summed E-state index contributed by atoms with van der Waals surface area (Å²) >= 11 is 6.13. The van der Waals surface area contributed by atoms with Crippen LogP contribution in [0.5, 0.6) is 0 Å². The Bertz CT molecular complexity index is 1140. The highest BCUT2D eigenvalue weighted by atomic mass is 35.5. The largest absolute Gasteiger partial charge is 0.477 e. The van der Waals surface area contributed by atoms with Crippen LogP contribution in [0.3, 0.4) is 0 Å². The highest BCUT2D eigenvalue weighted by Crippen LogP contribution is 2.32. The van der Waals surface area contributed by atoms with Crippen molar-refractivity contribution in [2.24, 2.45) is 0 Å². The Morgan fingerprint density at radius 2 is 1.97 bits per heavy atom. The summed E-state index contributed by atoms with van der Waals surface area (Å²) in [6, 6.07) is 14.1. The number of aromatic nitrogens is 2. The Morgan fingerprint density at radius 1 is 1.21 bits per heavy atom. The molecule has 7 nitrogen and oxygen atoms in total. The summed E-state index contributed by atoms with van der Waals surface area (Å²) in [4.78, 5) is 24.5. The van der Waals surface area contributed by atoms with Crippen molar-refractivity contribution in [1.29, 1.82) is 0 Å². The summed E-state index contributed by atoms with van der Waals surface area (Å²) in [6.45, 7) is 1.87. The number of fused-ring (bicyclic) bond motifs is 1. The van der Waals surface area contributed by atoms with Crippen LogP contribution in [-0.4, -0.2) is 26.8 Å². The van der Waals surface area contributed by atoms with Crippen LogP contribution in [0.4, 0.5) is 11.5 Å². The van der Waals surface area contributed by atoms with Crippen LogP contribution in [0.2, 0.25) is 5.02 Å². The van der Waals surface area contributed by atoms with Crippen molar-refractivity contribution in [2.75, 3.05) is 10.6 Å². The van der Waals surface area contributed by atoms with Gasteiger partial charge < -0.3 is 15.7 Å². The zero-order chi connectivity index (χ0) is 20.5. The fourth-order valence-corrected chi connectivity index (χ4v) is 3.32. The molecule has 1 aromatic heterocycles.